The molecule has 0 radical (unpaired) electrons. The monoisotopic (exact) mass is 465 g/mol. The smallest absolute Gasteiger partial charge is 0.326 e. The van der Waals surface area contributed by atoms with Crippen molar-refractivity contribution in [3.05, 3.63) is 35.9 Å². The average Bonchev–Trinajstić information content (AvgIpc) is 2.75. The van der Waals surface area contributed by atoms with Crippen molar-refractivity contribution in [1.82, 2.24) is 16.0 Å². The summed E-state index contributed by atoms with van der Waals surface area (Å²) in [7, 11) is 0. The molecule has 12 nitrogen and oxygen atoms in total. The van der Waals surface area contributed by atoms with Gasteiger partial charge in [-0.25, -0.2) is 4.79 Å². The van der Waals surface area contributed by atoms with E-state index in [4.69, 9.17) is 11.5 Å². The minimum Gasteiger partial charge on any atom is -0.480 e. The number of primary amides is 1. The maximum Gasteiger partial charge on any atom is 0.326 e. The first kappa shape index (κ1) is 27.5. The minimum absolute atomic E-state index is 0.00208. The highest BCUT2D eigenvalue weighted by Gasteiger charge is 2.29. The molecule has 4 amide bonds. The number of benzene rings is 1. The Morgan fingerprint density at radius 2 is 1.48 bits per heavy atom. The molecule has 0 heterocycles. The van der Waals surface area contributed by atoms with Gasteiger partial charge in [-0.15, -0.1) is 0 Å². The Bertz CT molecular complexity index is 847. The summed E-state index contributed by atoms with van der Waals surface area (Å²) in [5.74, 6) is -4.38. The van der Waals surface area contributed by atoms with Crippen LogP contribution >= 0.6 is 0 Å². The topological polar surface area (TPSA) is 214 Å². The third-order valence-electron chi connectivity index (χ3n) is 4.78. The van der Waals surface area contributed by atoms with Gasteiger partial charge in [-0.1, -0.05) is 30.3 Å². The Labute approximate surface area is 191 Å². The lowest BCUT2D eigenvalue weighted by Gasteiger charge is -2.24. The second-order valence-corrected chi connectivity index (χ2v) is 7.65. The van der Waals surface area contributed by atoms with Gasteiger partial charge in [0, 0.05) is 12.8 Å². The largest absolute Gasteiger partial charge is 0.480 e. The molecule has 1 aromatic rings. The molecule has 9 N–H and O–H groups in total. The lowest BCUT2D eigenvalue weighted by Crippen LogP contribution is -2.57. The van der Waals surface area contributed by atoms with Crippen LogP contribution in [0.25, 0.3) is 0 Å². The van der Waals surface area contributed by atoms with Gasteiger partial charge in [0.15, 0.2) is 0 Å². The second-order valence-electron chi connectivity index (χ2n) is 7.65. The molecule has 1 rings (SSSR count). The molecule has 0 aliphatic carbocycles. The summed E-state index contributed by atoms with van der Waals surface area (Å²) in [6.07, 6.45) is -1.57. The van der Waals surface area contributed by atoms with Crippen molar-refractivity contribution in [2.75, 3.05) is 0 Å². The second kappa shape index (κ2) is 13.1. The van der Waals surface area contributed by atoms with E-state index < -0.39 is 59.9 Å². The number of hydrogen-bond acceptors (Lipinski definition) is 7. The van der Waals surface area contributed by atoms with Crippen LogP contribution in [-0.4, -0.2) is 70.1 Å². The molecule has 12 heteroatoms. The van der Waals surface area contributed by atoms with Crippen molar-refractivity contribution in [3.63, 3.8) is 0 Å². The fourth-order valence-corrected chi connectivity index (χ4v) is 2.77. The third kappa shape index (κ3) is 9.66. The predicted octanol–water partition coefficient (Wildman–Crippen LogP) is -2.24. The number of rotatable bonds is 13. The summed E-state index contributed by atoms with van der Waals surface area (Å²) >= 11 is 0. The SMILES string of the molecule is CC(NC(=O)C(N)C(C)O)C(=O)NC(CCC(N)=O)C(=O)NC(Cc1ccccc1)C(=O)O. The first-order chi connectivity index (χ1) is 15.4. The lowest BCUT2D eigenvalue weighted by atomic mass is 10.0. The molecule has 182 valence electrons. The van der Waals surface area contributed by atoms with E-state index in [0.29, 0.717) is 5.56 Å². The van der Waals surface area contributed by atoms with Gasteiger partial charge in [-0.3, -0.25) is 19.2 Å². The summed E-state index contributed by atoms with van der Waals surface area (Å²) in [6.45, 7) is 2.65. The van der Waals surface area contributed by atoms with Crippen molar-refractivity contribution < 1.29 is 34.2 Å². The highest BCUT2D eigenvalue weighted by Crippen LogP contribution is 2.06. The molecular formula is C21H31N5O7. The number of carboxylic acid groups (broad SMARTS) is 1. The van der Waals surface area contributed by atoms with Crippen LogP contribution in [0.2, 0.25) is 0 Å². The first-order valence-electron chi connectivity index (χ1n) is 10.3. The van der Waals surface area contributed by atoms with E-state index in [-0.39, 0.29) is 19.3 Å². The van der Waals surface area contributed by atoms with Gasteiger partial charge in [0.05, 0.1) is 6.10 Å². The minimum atomic E-state index is -1.28. The van der Waals surface area contributed by atoms with Gasteiger partial charge < -0.3 is 37.6 Å². The first-order valence-corrected chi connectivity index (χ1v) is 10.3. The van der Waals surface area contributed by atoms with Crippen molar-refractivity contribution in [3.8, 4) is 0 Å². The zero-order valence-corrected chi connectivity index (χ0v) is 18.5. The van der Waals surface area contributed by atoms with Crippen LogP contribution in [-0.2, 0) is 30.4 Å². The Morgan fingerprint density at radius 3 is 2.00 bits per heavy atom. The third-order valence-corrected chi connectivity index (χ3v) is 4.78. The highest BCUT2D eigenvalue weighted by atomic mass is 16.4. The van der Waals surface area contributed by atoms with Gasteiger partial charge in [0.1, 0.15) is 24.2 Å². The summed E-state index contributed by atoms with van der Waals surface area (Å²) in [5, 5.41) is 25.9. The number of carbonyl (C=O) groups excluding carboxylic acids is 4. The number of aliphatic hydroxyl groups is 1. The maximum absolute atomic E-state index is 12.8. The standard InChI is InChI=1S/C21H31N5O7/c1-11(24-20(31)17(23)12(2)27)18(29)25-14(8-9-16(22)28)19(30)26-15(21(32)33)10-13-6-4-3-5-7-13/h3-7,11-12,14-15,17,27H,8-10,23H2,1-2H3,(H2,22,28)(H,24,31)(H,25,29)(H,26,30)(H,32,33). The number of nitrogens with one attached hydrogen (secondary N) is 3. The van der Waals surface area contributed by atoms with E-state index in [9.17, 15) is 34.2 Å². The summed E-state index contributed by atoms with van der Waals surface area (Å²) in [6, 6.07) is 3.67. The van der Waals surface area contributed by atoms with Crippen molar-refractivity contribution in [2.24, 2.45) is 11.5 Å². The number of nitrogens with two attached hydrogens (primary N) is 2. The number of carboxylic acids is 1. The maximum atomic E-state index is 12.8. The van der Waals surface area contributed by atoms with Crippen LogP contribution in [0.15, 0.2) is 30.3 Å². The average molecular weight is 466 g/mol. The molecule has 0 spiro atoms. The predicted molar refractivity (Wildman–Crippen MR) is 117 cm³/mol. The molecule has 0 saturated heterocycles. The van der Waals surface area contributed by atoms with Gasteiger partial charge >= 0.3 is 5.97 Å². The van der Waals surface area contributed by atoms with Crippen LogP contribution in [0, 0.1) is 0 Å². The van der Waals surface area contributed by atoms with Crippen LogP contribution in [0.4, 0.5) is 0 Å². The number of carbonyl (C=O) groups is 5. The fourth-order valence-electron chi connectivity index (χ4n) is 2.77. The van der Waals surface area contributed by atoms with E-state index in [1.54, 1.807) is 30.3 Å². The van der Waals surface area contributed by atoms with Gasteiger partial charge in [0.25, 0.3) is 0 Å². The highest BCUT2D eigenvalue weighted by molar-refractivity contribution is 5.94. The van der Waals surface area contributed by atoms with Crippen LogP contribution in [0.5, 0.6) is 0 Å². The van der Waals surface area contributed by atoms with E-state index in [2.05, 4.69) is 16.0 Å². The zero-order chi connectivity index (χ0) is 25.1. The molecule has 0 bridgehead atoms. The molecule has 0 aliphatic heterocycles. The summed E-state index contributed by atoms with van der Waals surface area (Å²) in [5.41, 5.74) is 11.3. The Hall–Kier alpha value is -3.51. The number of hydrogen-bond donors (Lipinski definition) is 7. The van der Waals surface area contributed by atoms with Crippen molar-refractivity contribution in [1.29, 1.82) is 0 Å². The van der Waals surface area contributed by atoms with Crippen LogP contribution in [0.3, 0.4) is 0 Å². The number of aliphatic carboxylic acids is 1. The number of aliphatic hydroxyl groups excluding tert-OH is 1. The van der Waals surface area contributed by atoms with Crippen molar-refractivity contribution >= 4 is 29.6 Å². The molecule has 0 fully saturated rings. The quantitative estimate of drug-likeness (QED) is 0.169. The Morgan fingerprint density at radius 1 is 0.909 bits per heavy atom. The Balaban J connectivity index is 2.88. The van der Waals surface area contributed by atoms with E-state index in [1.807, 2.05) is 0 Å². The molecule has 5 unspecified atom stereocenters. The van der Waals surface area contributed by atoms with Crippen LogP contribution in [0.1, 0.15) is 32.3 Å². The lowest BCUT2D eigenvalue weighted by molar-refractivity contribution is -0.142. The van der Waals surface area contributed by atoms with Crippen molar-refractivity contribution in [2.45, 2.75) is 63.4 Å². The molecule has 0 aliphatic rings. The summed E-state index contributed by atoms with van der Waals surface area (Å²) < 4.78 is 0. The Kier molecular flexibility index (Phi) is 11.0. The molecule has 0 saturated carbocycles. The molecule has 5 atom stereocenters. The number of amides is 4. The van der Waals surface area contributed by atoms with Gasteiger partial charge in [0.2, 0.25) is 23.6 Å². The molecule has 1 aromatic carbocycles. The van der Waals surface area contributed by atoms with E-state index >= 15 is 0 Å². The molecular weight excluding hydrogens is 434 g/mol. The van der Waals surface area contributed by atoms with Gasteiger partial charge in [-0.05, 0) is 25.8 Å². The van der Waals surface area contributed by atoms with E-state index in [1.165, 1.54) is 13.8 Å². The normalized spacial score (nSPS) is 15.3. The zero-order valence-electron chi connectivity index (χ0n) is 18.5. The molecule has 33 heavy (non-hydrogen) atoms. The van der Waals surface area contributed by atoms with Crippen LogP contribution < -0.4 is 27.4 Å². The van der Waals surface area contributed by atoms with E-state index in [0.717, 1.165) is 0 Å². The molecule has 0 aromatic heterocycles. The summed E-state index contributed by atoms with van der Waals surface area (Å²) in [4.78, 5) is 60.0. The fraction of sp³-hybridized carbons (Fsp3) is 0.476. The van der Waals surface area contributed by atoms with Gasteiger partial charge in [-0.2, -0.15) is 0 Å².